The number of carbonyl (C=O) groups is 2. The number of rotatable bonds is 5. The first-order chi connectivity index (χ1) is 10.4. The summed E-state index contributed by atoms with van der Waals surface area (Å²) in [5.74, 6) is -1.04. The highest BCUT2D eigenvalue weighted by atomic mass is 32.2. The van der Waals surface area contributed by atoms with Gasteiger partial charge in [0.1, 0.15) is 6.04 Å². The second-order valence-electron chi connectivity index (χ2n) is 5.10. The van der Waals surface area contributed by atoms with Crippen molar-refractivity contribution in [1.82, 2.24) is 9.62 Å². The second kappa shape index (κ2) is 6.31. The lowest BCUT2D eigenvalue weighted by Crippen LogP contribution is -2.47. The van der Waals surface area contributed by atoms with E-state index in [-0.39, 0.29) is 24.3 Å². The van der Waals surface area contributed by atoms with Gasteiger partial charge in [-0.1, -0.05) is 23.8 Å². The fourth-order valence-electron chi connectivity index (χ4n) is 2.31. The summed E-state index contributed by atoms with van der Waals surface area (Å²) in [5, 5.41) is 2.54. The number of amides is 2. The van der Waals surface area contributed by atoms with Crippen molar-refractivity contribution in [2.75, 3.05) is 6.54 Å². The Morgan fingerprint density at radius 1 is 1.41 bits per heavy atom. The van der Waals surface area contributed by atoms with Gasteiger partial charge in [0, 0.05) is 13.0 Å². The quantitative estimate of drug-likeness (QED) is 0.819. The number of aryl methyl sites for hydroxylation is 1. The standard InChI is InChI=1S/C15H18N2O4S/c1-3-10-16-15(19)13-8-9-14(18)17(13)22(20,21)12-6-4-11(2)5-7-12/h3-7,13H,1,8-10H2,2H3,(H,16,19)/t13-/m1/s1. The number of hydrogen-bond acceptors (Lipinski definition) is 4. The monoisotopic (exact) mass is 322 g/mol. The summed E-state index contributed by atoms with van der Waals surface area (Å²) in [6.45, 7) is 5.54. The zero-order chi connectivity index (χ0) is 16.3. The molecule has 1 aliphatic rings. The molecule has 0 radical (unpaired) electrons. The molecule has 2 amide bonds. The minimum absolute atomic E-state index is 0.00914. The van der Waals surface area contributed by atoms with Crippen molar-refractivity contribution in [3.63, 3.8) is 0 Å². The predicted molar refractivity (Wildman–Crippen MR) is 81.4 cm³/mol. The van der Waals surface area contributed by atoms with Crippen LogP contribution in [0.3, 0.4) is 0 Å². The summed E-state index contributed by atoms with van der Waals surface area (Å²) in [6.07, 6.45) is 1.72. The highest BCUT2D eigenvalue weighted by Gasteiger charge is 2.43. The van der Waals surface area contributed by atoms with E-state index in [0.29, 0.717) is 4.31 Å². The van der Waals surface area contributed by atoms with Crippen LogP contribution in [0.4, 0.5) is 0 Å². The lowest BCUT2D eigenvalue weighted by Gasteiger charge is -2.23. The number of carbonyl (C=O) groups excluding carboxylic acids is 2. The molecule has 1 fully saturated rings. The molecule has 0 unspecified atom stereocenters. The first-order valence-corrected chi connectivity index (χ1v) is 8.34. The molecule has 0 aliphatic carbocycles. The van der Waals surface area contributed by atoms with Gasteiger partial charge >= 0.3 is 0 Å². The van der Waals surface area contributed by atoms with E-state index in [0.717, 1.165) is 5.56 Å². The summed E-state index contributed by atoms with van der Waals surface area (Å²) < 4.78 is 26.0. The zero-order valence-electron chi connectivity index (χ0n) is 12.3. The van der Waals surface area contributed by atoms with Gasteiger partial charge in [0.2, 0.25) is 11.8 Å². The molecule has 1 N–H and O–H groups in total. The van der Waals surface area contributed by atoms with Crippen LogP contribution < -0.4 is 5.32 Å². The largest absolute Gasteiger partial charge is 0.351 e. The molecule has 118 valence electrons. The van der Waals surface area contributed by atoms with Crippen LogP contribution in [0.5, 0.6) is 0 Å². The van der Waals surface area contributed by atoms with Crippen molar-refractivity contribution in [3.8, 4) is 0 Å². The fraction of sp³-hybridized carbons (Fsp3) is 0.333. The van der Waals surface area contributed by atoms with E-state index in [1.807, 2.05) is 6.92 Å². The van der Waals surface area contributed by atoms with Crippen molar-refractivity contribution in [2.24, 2.45) is 0 Å². The average molecular weight is 322 g/mol. The summed E-state index contributed by atoms with van der Waals surface area (Å²) in [7, 11) is -4.03. The molecule has 1 saturated heterocycles. The van der Waals surface area contributed by atoms with E-state index in [4.69, 9.17) is 0 Å². The third-order valence-corrected chi connectivity index (χ3v) is 5.31. The molecule has 6 nitrogen and oxygen atoms in total. The number of nitrogens with one attached hydrogen (secondary N) is 1. The van der Waals surface area contributed by atoms with Crippen LogP contribution >= 0.6 is 0 Å². The molecule has 0 spiro atoms. The molecule has 0 aromatic heterocycles. The predicted octanol–water partition coefficient (Wildman–Crippen LogP) is 0.977. The van der Waals surface area contributed by atoms with Crippen LogP contribution in [0.2, 0.25) is 0 Å². The third-order valence-electron chi connectivity index (χ3n) is 3.46. The summed E-state index contributed by atoms with van der Waals surface area (Å²) >= 11 is 0. The Bertz CT molecular complexity index is 695. The van der Waals surface area contributed by atoms with Crippen molar-refractivity contribution in [2.45, 2.75) is 30.7 Å². The van der Waals surface area contributed by atoms with E-state index in [1.54, 1.807) is 12.1 Å². The summed E-state index contributed by atoms with van der Waals surface area (Å²) in [6, 6.07) is 5.18. The van der Waals surface area contributed by atoms with Gasteiger partial charge in [-0.25, -0.2) is 12.7 Å². The molecular formula is C15H18N2O4S. The van der Waals surface area contributed by atoms with Crippen LogP contribution in [-0.2, 0) is 19.6 Å². The van der Waals surface area contributed by atoms with Gasteiger partial charge in [-0.3, -0.25) is 9.59 Å². The second-order valence-corrected chi connectivity index (χ2v) is 6.91. The molecule has 1 atom stereocenters. The van der Waals surface area contributed by atoms with E-state index < -0.39 is 27.9 Å². The Labute approximate surface area is 129 Å². The maximum atomic E-state index is 12.6. The Hall–Kier alpha value is -2.15. The number of sulfonamides is 1. The van der Waals surface area contributed by atoms with E-state index >= 15 is 0 Å². The van der Waals surface area contributed by atoms with Gasteiger partial charge in [0.05, 0.1) is 4.90 Å². The normalized spacial score (nSPS) is 18.3. The first kappa shape index (κ1) is 16.2. The topological polar surface area (TPSA) is 83.6 Å². The summed E-state index contributed by atoms with van der Waals surface area (Å²) in [4.78, 5) is 24.1. The molecule has 1 aromatic carbocycles. The van der Waals surface area contributed by atoms with Crippen molar-refractivity contribution in [3.05, 3.63) is 42.5 Å². The van der Waals surface area contributed by atoms with Gasteiger partial charge in [-0.2, -0.15) is 0 Å². The Kier molecular flexibility index (Phi) is 4.65. The molecule has 0 bridgehead atoms. The van der Waals surface area contributed by atoms with Crippen molar-refractivity contribution in [1.29, 1.82) is 0 Å². The smallest absolute Gasteiger partial charge is 0.267 e. The molecule has 7 heteroatoms. The van der Waals surface area contributed by atoms with E-state index in [2.05, 4.69) is 11.9 Å². The highest BCUT2D eigenvalue weighted by molar-refractivity contribution is 7.89. The lowest BCUT2D eigenvalue weighted by atomic mass is 10.2. The minimum Gasteiger partial charge on any atom is -0.351 e. The molecule has 1 heterocycles. The Morgan fingerprint density at radius 3 is 2.64 bits per heavy atom. The van der Waals surface area contributed by atoms with Crippen molar-refractivity contribution < 1.29 is 18.0 Å². The van der Waals surface area contributed by atoms with Gasteiger partial charge in [-0.15, -0.1) is 6.58 Å². The van der Waals surface area contributed by atoms with Crippen LogP contribution in [0.1, 0.15) is 18.4 Å². The van der Waals surface area contributed by atoms with Gasteiger partial charge in [-0.05, 0) is 25.5 Å². The Morgan fingerprint density at radius 2 is 2.05 bits per heavy atom. The van der Waals surface area contributed by atoms with Crippen LogP contribution in [0.15, 0.2) is 41.8 Å². The number of nitrogens with zero attached hydrogens (tertiary/aromatic N) is 1. The molecule has 1 aromatic rings. The SMILES string of the molecule is C=CCNC(=O)[C@H]1CCC(=O)N1S(=O)(=O)c1ccc(C)cc1. The maximum absolute atomic E-state index is 12.6. The molecule has 22 heavy (non-hydrogen) atoms. The van der Waals surface area contributed by atoms with E-state index in [1.165, 1.54) is 18.2 Å². The molecular weight excluding hydrogens is 304 g/mol. The van der Waals surface area contributed by atoms with Gasteiger partial charge < -0.3 is 5.32 Å². The van der Waals surface area contributed by atoms with Gasteiger partial charge in [0.25, 0.3) is 10.0 Å². The number of benzene rings is 1. The summed E-state index contributed by atoms with van der Waals surface area (Å²) in [5.41, 5.74) is 0.909. The third kappa shape index (κ3) is 3.04. The fourth-order valence-corrected chi connectivity index (χ4v) is 3.92. The Balaban J connectivity index is 2.34. The molecule has 2 rings (SSSR count). The molecule has 0 saturated carbocycles. The van der Waals surface area contributed by atoms with Crippen LogP contribution in [0.25, 0.3) is 0 Å². The van der Waals surface area contributed by atoms with Crippen LogP contribution in [-0.4, -0.2) is 37.1 Å². The number of hydrogen-bond donors (Lipinski definition) is 1. The van der Waals surface area contributed by atoms with Crippen molar-refractivity contribution >= 4 is 21.8 Å². The van der Waals surface area contributed by atoms with Crippen LogP contribution in [0, 0.1) is 6.92 Å². The lowest BCUT2D eigenvalue weighted by molar-refractivity contribution is -0.130. The highest BCUT2D eigenvalue weighted by Crippen LogP contribution is 2.27. The van der Waals surface area contributed by atoms with Gasteiger partial charge in [0.15, 0.2) is 0 Å². The molecule has 1 aliphatic heterocycles. The minimum atomic E-state index is -4.03. The van der Waals surface area contributed by atoms with E-state index in [9.17, 15) is 18.0 Å². The maximum Gasteiger partial charge on any atom is 0.267 e. The average Bonchev–Trinajstić information content (AvgIpc) is 2.88. The first-order valence-electron chi connectivity index (χ1n) is 6.90. The zero-order valence-corrected chi connectivity index (χ0v) is 13.1.